The number of carbonyl (C=O) groups excluding carboxylic acids is 1. The molecule has 0 aromatic heterocycles. The topological polar surface area (TPSA) is 29.1 Å². The van der Waals surface area contributed by atoms with E-state index in [1.807, 2.05) is 12.2 Å². The molecule has 0 spiro atoms. The molecule has 2 rings (SSSR count). The molecule has 1 amide bonds. The summed E-state index contributed by atoms with van der Waals surface area (Å²) in [6, 6.07) is 0. The molecule has 0 aromatic rings. The van der Waals surface area contributed by atoms with Crippen molar-refractivity contribution in [2.45, 2.75) is 12.8 Å². The van der Waals surface area contributed by atoms with E-state index in [9.17, 15) is 4.79 Å². The summed E-state index contributed by atoms with van der Waals surface area (Å²) in [5.41, 5.74) is 2.11. The monoisotopic (exact) mass is 147 g/mol. The zero-order chi connectivity index (χ0) is 7.68. The number of fused-ring (bicyclic) bond motifs is 1. The normalized spacial score (nSPS) is 21.6. The highest BCUT2D eigenvalue weighted by Crippen LogP contribution is 2.21. The minimum absolute atomic E-state index is 0.109. The maximum Gasteiger partial charge on any atom is 0.228 e. The fraction of sp³-hybridized carbons (Fsp3) is 0.222. The molecule has 0 saturated carbocycles. The zero-order valence-electron chi connectivity index (χ0n) is 6.13. The van der Waals surface area contributed by atoms with Crippen LogP contribution in [0.25, 0.3) is 0 Å². The molecule has 2 heteroatoms. The fourth-order valence-corrected chi connectivity index (χ4v) is 1.33. The first-order chi connectivity index (χ1) is 5.36. The predicted molar refractivity (Wildman–Crippen MR) is 42.7 cm³/mol. The second-order valence-corrected chi connectivity index (χ2v) is 2.70. The summed E-state index contributed by atoms with van der Waals surface area (Å²) in [6.45, 7) is 0. The molecule has 0 bridgehead atoms. The van der Waals surface area contributed by atoms with Crippen molar-refractivity contribution in [3.8, 4) is 0 Å². The van der Waals surface area contributed by atoms with Crippen molar-refractivity contribution in [1.82, 2.24) is 5.32 Å². The lowest BCUT2D eigenvalue weighted by Gasteiger charge is -1.94. The highest BCUT2D eigenvalue weighted by Gasteiger charge is 2.19. The third-order valence-corrected chi connectivity index (χ3v) is 1.87. The number of rotatable bonds is 0. The Labute approximate surface area is 65.3 Å². The lowest BCUT2D eigenvalue weighted by molar-refractivity contribution is -0.118. The van der Waals surface area contributed by atoms with E-state index in [-0.39, 0.29) is 5.91 Å². The molecule has 1 saturated heterocycles. The van der Waals surface area contributed by atoms with Gasteiger partial charge in [-0.15, -0.1) is 0 Å². The van der Waals surface area contributed by atoms with E-state index in [0.717, 1.165) is 17.7 Å². The smallest absolute Gasteiger partial charge is 0.228 e. The van der Waals surface area contributed by atoms with Crippen molar-refractivity contribution < 1.29 is 4.79 Å². The second-order valence-electron chi connectivity index (χ2n) is 2.70. The molecule has 0 aromatic carbocycles. The van der Waals surface area contributed by atoms with Gasteiger partial charge in [0.05, 0.1) is 6.42 Å². The van der Waals surface area contributed by atoms with Crippen LogP contribution in [0.1, 0.15) is 12.8 Å². The Hall–Kier alpha value is -1.31. The summed E-state index contributed by atoms with van der Waals surface area (Å²) >= 11 is 0. The maximum atomic E-state index is 10.9. The first-order valence-corrected chi connectivity index (χ1v) is 3.72. The number of hydrogen-bond acceptors (Lipinski definition) is 1. The van der Waals surface area contributed by atoms with Gasteiger partial charge in [-0.2, -0.15) is 0 Å². The van der Waals surface area contributed by atoms with Crippen molar-refractivity contribution in [2.24, 2.45) is 0 Å². The zero-order valence-corrected chi connectivity index (χ0v) is 6.13. The molecule has 56 valence electrons. The van der Waals surface area contributed by atoms with E-state index in [1.54, 1.807) is 0 Å². The number of carbonyl (C=O) groups is 1. The van der Waals surface area contributed by atoms with E-state index in [0.29, 0.717) is 6.42 Å². The highest BCUT2D eigenvalue weighted by atomic mass is 16.1. The highest BCUT2D eigenvalue weighted by molar-refractivity contribution is 5.87. The van der Waals surface area contributed by atoms with Crippen molar-refractivity contribution in [1.29, 1.82) is 0 Å². The van der Waals surface area contributed by atoms with E-state index in [1.165, 1.54) is 0 Å². The van der Waals surface area contributed by atoms with Crippen LogP contribution in [0.15, 0.2) is 35.6 Å². The average Bonchev–Trinajstić information content (AvgIpc) is 2.17. The van der Waals surface area contributed by atoms with Crippen LogP contribution in [0, 0.1) is 0 Å². The lowest BCUT2D eigenvalue weighted by Crippen LogP contribution is -2.11. The predicted octanol–water partition coefficient (Wildman–Crippen LogP) is 1.28. The first kappa shape index (κ1) is 6.40. The molecule has 1 aliphatic carbocycles. The largest absolute Gasteiger partial charge is 0.326 e. The van der Waals surface area contributed by atoms with E-state index in [4.69, 9.17) is 0 Å². The van der Waals surface area contributed by atoms with Crippen LogP contribution in [0.2, 0.25) is 0 Å². The molecule has 0 unspecified atom stereocenters. The van der Waals surface area contributed by atoms with Crippen LogP contribution in [-0.2, 0) is 4.79 Å². The van der Waals surface area contributed by atoms with Gasteiger partial charge in [0.2, 0.25) is 5.91 Å². The van der Waals surface area contributed by atoms with Crippen molar-refractivity contribution in [3.63, 3.8) is 0 Å². The minimum Gasteiger partial charge on any atom is -0.326 e. The summed E-state index contributed by atoms with van der Waals surface area (Å²) in [7, 11) is 0. The molecule has 2 nitrogen and oxygen atoms in total. The lowest BCUT2D eigenvalue weighted by atomic mass is 10.1. The van der Waals surface area contributed by atoms with Gasteiger partial charge in [-0.05, 0) is 18.1 Å². The molecule has 1 N–H and O–H groups in total. The third kappa shape index (κ3) is 1.11. The Morgan fingerprint density at radius 1 is 1.45 bits per heavy atom. The van der Waals surface area contributed by atoms with Gasteiger partial charge >= 0.3 is 0 Å². The molecule has 2 aliphatic rings. The van der Waals surface area contributed by atoms with Gasteiger partial charge in [-0.3, -0.25) is 4.79 Å². The summed E-state index contributed by atoms with van der Waals surface area (Å²) in [5.74, 6) is 0.109. The summed E-state index contributed by atoms with van der Waals surface area (Å²) in [4.78, 5) is 10.9. The van der Waals surface area contributed by atoms with Gasteiger partial charge in [0.25, 0.3) is 0 Å². The van der Waals surface area contributed by atoms with E-state index in [2.05, 4.69) is 17.5 Å². The number of nitrogens with one attached hydrogen (secondary N) is 1. The summed E-state index contributed by atoms with van der Waals surface area (Å²) < 4.78 is 0. The van der Waals surface area contributed by atoms with Crippen LogP contribution in [0.5, 0.6) is 0 Å². The third-order valence-electron chi connectivity index (χ3n) is 1.87. The molecule has 1 heterocycles. The van der Waals surface area contributed by atoms with Gasteiger partial charge in [-0.1, -0.05) is 18.2 Å². The molecule has 11 heavy (non-hydrogen) atoms. The number of amides is 1. The van der Waals surface area contributed by atoms with Crippen molar-refractivity contribution in [2.75, 3.05) is 0 Å². The van der Waals surface area contributed by atoms with Crippen LogP contribution in [0.3, 0.4) is 0 Å². The molecular weight excluding hydrogens is 138 g/mol. The number of hydrogen-bond donors (Lipinski definition) is 1. The van der Waals surface area contributed by atoms with Crippen molar-refractivity contribution >= 4 is 5.91 Å². The minimum atomic E-state index is 0.109. The van der Waals surface area contributed by atoms with Crippen LogP contribution in [-0.4, -0.2) is 5.91 Å². The summed E-state index contributed by atoms with van der Waals surface area (Å²) in [5, 5.41) is 2.80. The maximum absolute atomic E-state index is 10.9. The quantitative estimate of drug-likeness (QED) is 0.549. The van der Waals surface area contributed by atoms with Gasteiger partial charge in [0, 0.05) is 5.70 Å². The van der Waals surface area contributed by atoms with Gasteiger partial charge < -0.3 is 5.32 Å². The van der Waals surface area contributed by atoms with Crippen LogP contribution >= 0.6 is 0 Å². The average molecular weight is 147 g/mol. The van der Waals surface area contributed by atoms with Gasteiger partial charge in [-0.25, -0.2) is 0 Å². The second kappa shape index (κ2) is 2.38. The molecule has 0 radical (unpaired) electrons. The Balaban J connectivity index is 2.37. The Bertz CT molecular complexity index is 284. The molecule has 0 atom stereocenters. The Morgan fingerprint density at radius 2 is 2.36 bits per heavy atom. The van der Waals surface area contributed by atoms with Crippen molar-refractivity contribution in [3.05, 3.63) is 35.6 Å². The fourth-order valence-electron chi connectivity index (χ4n) is 1.33. The summed E-state index contributed by atoms with van der Waals surface area (Å²) in [6.07, 6.45) is 9.57. The van der Waals surface area contributed by atoms with E-state index >= 15 is 0 Å². The standard InChI is InChI=1S/C9H9NO/c11-9-6-7-4-2-1-3-5-8(7)10-9/h1,3-5H,2,6H2,(H,10,11). The first-order valence-electron chi connectivity index (χ1n) is 3.72. The SMILES string of the molecule is O=C1CC2=CCC=CC=C2N1. The Morgan fingerprint density at radius 3 is 3.27 bits per heavy atom. The van der Waals surface area contributed by atoms with Gasteiger partial charge in [0.15, 0.2) is 0 Å². The Kier molecular flexibility index (Phi) is 1.39. The molecule has 1 aliphatic heterocycles. The number of allylic oxidation sites excluding steroid dienone is 5. The van der Waals surface area contributed by atoms with Crippen LogP contribution < -0.4 is 5.32 Å². The van der Waals surface area contributed by atoms with Crippen LogP contribution in [0.4, 0.5) is 0 Å². The van der Waals surface area contributed by atoms with E-state index < -0.39 is 0 Å². The molecule has 1 fully saturated rings. The van der Waals surface area contributed by atoms with Gasteiger partial charge in [0.1, 0.15) is 0 Å². The molecular formula is C9H9NO.